The number of nitrogens with zero attached hydrogens (tertiary/aromatic N) is 2. The number of anilines is 1. The van der Waals surface area contributed by atoms with Gasteiger partial charge in [-0.1, -0.05) is 46.6 Å². The number of hydrazine groups is 1. The SMILES string of the molecule is CN1CC(=O)NC(=O)N1c1cc(Cl)c(Sc2ccc(Cl)cc2)c(Cl)c1. The van der Waals surface area contributed by atoms with Gasteiger partial charge >= 0.3 is 6.03 Å². The van der Waals surface area contributed by atoms with E-state index in [1.807, 2.05) is 12.1 Å². The number of imide groups is 1. The molecule has 2 aromatic rings. The molecule has 0 saturated carbocycles. The molecule has 1 fully saturated rings. The number of urea groups is 1. The van der Waals surface area contributed by atoms with Crippen LogP contribution in [0.3, 0.4) is 0 Å². The van der Waals surface area contributed by atoms with E-state index in [1.54, 1.807) is 31.3 Å². The third-order valence-corrected chi connectivity index (χ3v) is 5.64. The molecule has 9 heteroatoms. The van der Waals surface area contributed by atoms with Crippen molar-refractivity contribution < 1.29 is 9.59 Å². The average Bonchev–Trinajstić information content (AvgIpc) is 2.51. The largest absolute Gasteiger partial charge is 0.343 e. The molecular weight excluding hydrogens is 405 g/mol. The Balaban J connectivity index is 1.91. The second kappa shape index (κ2) is 7.43. The lowest BCUT2D eigenvalue weighted by molar-refractivity contribution is -0.121. The van der Waals surface area contributed by atoms with Crippen molar-refractivity contribution in [3.8, 4) is 0 Å². The van der Waals surface area contributed by atoms with Crippen LogP contribution < -0.4 is 10.3 Å². The van der Waals surface area contributed by atoms with Crippen LogP contribution in [0.25, 0.3) is 0 Å². The number of hydrogen-bond donors (Lipinski definition) is 1. The van der Waals surface area contributed by atoms with Crippen molar-refractivity contribution in [1.82, 2.24) is 10.3 Å². The second-order valence-corrected chi connectivity index (χ2v) is 7.61. The third-order valence-electron chi connectivity index (χ3n) is 3.41. The summed E-state index contributed by atoms with van der Waals surface area (Å²) in [6.07, 6.45) is 0. The molecule has 1 heterocycles. The highest BCUT2D eigenvalue weighted by Gasteiger charge is 2.30. The van der Waals surface area contributed by atoms with E-state index in [4.69, 9.17) is 34.8 Å². The topological polar surface area (TPSA) is 52.7 Å². The van der Waals surface area contributed by atoms with Gasteiger partial charge in [0.05, 0.1) is 22.3 Å². The van der Waals surface area contributed by atoms with Crippen molar-refractivity contribution in [3.63, 3.8) is 0 Å². The van der Waals surface area contributed by atoms with Crippen molar-refractivity contribution in [2.45, 2.75) is 9.79 Å². The molecule has 0 aromatic heterocycles. The Morgan fingerprint density at radius 1 is 1.04 bits per heavy atom. The number of carbonyl (C=O) groups is 2. The lowest BCUT2D eigenvalue weighted by Crippen LogP contribution is -2.59. The molecule has 3 amide bonds. The van der Waals surface area contributed by atoms with Crippen molar-refractivity contribution in [2.75, 3.05) is 18.6 Å². The van der Waals surface area contributed by atoms with Gasteiger partial charge in [-0.3, -0.25) is 10.1 Å². The van der Waals surface area contributed by atoms with Crippen LogP contribution in [0, 0.1) is 0 Å². The van der Waals surface area contributed by atoms with E-state index >= 15 is 0 Å². The van der Waals surface area contributed by atoms with Crippen LogP contribution >= 0.6 is 46.6 Å². The first kappa shape index (κ1) is 18.4. The lowest BCUT2D eigenvalue weighted by atomic mass is 10.3. The van der Waals surface area contributed by atoms with E-state index in [2.05, 4.69) is 5.32 Å². The van der Waals surface area contributed by atoms with Crippen LogP contribution in [0.5, 0.6) is 0 Å². The molecule has 25 heavy (non-hydrogen) atoms. The van der Waals surface area contributed by atoms with Gasteiger partial charge in [0.15, 0.2) is 0 Å². The molecule has 1 aliphatic rings. The van der Waals surface area contributed by atoms with Crippen LogP contribution in [0.2, 0.25) is 15.1 Å². The maximum atomic E-state index is 12.1. The summed E-state index contributed by atoms with van der Waals surface area (Å²) in [5.74, 6) is -0.365. The van der Waals surface area contributed by atoms with Gasteiger partial charge in [-0.25, -0.2) is 14.8 Å². The molecule has 0 bridgehead atoms. The van der Waals surface area contributed by atoms with E-state index < -0.39 is 6.03 Å². The molecule has 130 valence electrons. The number of likely N-dealkylation sites (N-methyl/N-ethyl adjacent to an activating group) is 1. The minimum Gasteiger partial charge on any atom is -0.275 e. The summed E-state index contributed by atoms with van der Waals surface area (Å²) >= 11 is 20.1. The van der Waals surface area contributed by atoms with Gasteiger partial charge in [0.25, 0.3) is 0 Å². The molecular formula is C16H12Cl3N3O2S. The fourth-order valence-electron chi connectivity index (χ4n) is 2.35. The predicted octanol–water partition coefficient (Wildman–Crippen LogP) is 4.70. The molecule has 2 aromatic carbocycles. The quantitative estimate of drug-likeness (QED) is 0.788. The second-order valence-electron chi connectivity index (χ2n) is 5.28. The summed E-state index contributed by atoms with van der Waals surface area (Å²) in [5.41, 5.74) is 0.475. The van der Waals surface area contributed by atoms with Crippen molar-refractivity contribution in [1.29, 1.82) is 0 Å². The highest BCUT2D eigenvalue weighted by Crippen LogP contribution is 2.41. The van der Waals surface area contributed by atoms with E-state index in [-0.39, 0.29) is 12.5 Å². The Kier molecular flexibility index (Phi) is 5.46. The smallest absolute Gasteiger partial charge is 0.275 e. The first-order chi connectivity index (χ1) is 11.8. The molecule has 0 atom stereocenters. The number of carbonyl (C=O) groups excluding carboxylic acids is 2. The zero-order chi connectivity index (χ0) is 18.1. The summed E-state index contributed by atoms with van der Waals surface area (Å²) in [6, 6.07) is 10.0. The first-order valence-electron chi connectivity index (χ1n) is 7.12. The molecule has 3 rings (SSSR count). The lowest BCUT2D eigenvalue weighted by Gasteiger charge is -2.35. The van der Waals surface area contributed by atoms with Gasteiger partial charge in [-0.05, 0) is 36.4 Å². The van der Waals surface area contributed by atoms with Crippen LogP contribution in [0.1, 0.15) is 0 Å². The van der Waals surface area contributed by atoms with Crippen molar-refractivity contribution in [2.24, 2.45) is 0 Å². The Hall–Kier alpha value is -1.44. The summed E-state index contributed by atoms with van der Waals surface area (Å²) in [6.45, 7) is 0.0578. The van der Waals surface area contributed by atoms with Crippen molar-refractivity contribution in [3.05, 3.63) is 51.5 Å². The molecule has 0 unspecified atom stereocenters. The Morgan fingerprint density at radius 2 is 1.64 bits per heavy atom. The molecule has 0 radical (unpaired) electrons. The Bertz CT molecular complexity index is 822. The predicted molar refractivity (Wildman–Crippen MR) is 101 cm³/mol. The highest BCUT2D eigenvalue weighted by atomic mass is 35.5. The third kappa shape index (κ3) is 4.04. The Morgan fingerprint density at radius 3 is 2.20 bits per heavy atom. The molecule has 1 aliphatic heterocycles. The summed E-state index contributed by atoms with van der Waals surface area (Å²) in [4.78, 5) is 25.1. The summed E-state index contributed by atoms with van der Waals surface area (Å²) in [7, 11) is 1.63. The molecule has 0 aliphatic carbocycles. The van der Waals surface area contributed by atoms with Gasteiger partial charge in [-0.15, -0.1) is 0 Å². The van der Waals surface area contributed by atoms with E-state index in [1.165, 1.54) is 21.8 Å². The number of hydrogen-bond acceptors (Lipinski definition) is 4. The van der Waals surface area contributed by atoms with Crippen LogP contribution in [-0.4, -0.2) is 30.5 Å². The molecule has 5 nitrogen and oxygen atoms in total. The number of amides is 3. The van der Waals surface area contributed by atoms with Crippen LogP contribution in [0.4, 0.5) is 10.5 Å². The summed E-state index contributed by atoms with van der Waals surface area (Å²) in [5, 5.41) is 6.52. The maximum Gasteiger partial charge on any atom is 0.343 e. The molecule has 1 saturated heterocycles. The van der Waals surface area contributed by atoms with Gasteiger partial charge in [0.1, 0.15) is 0 Å². The maximum absolute atomic E-state index is 12.1. The monoisotopic (exact) mass is 415 g/mol. The number of rotatable bonds is 3. The standard InChI is InChI=1S/C16H12Cl3N3O2S/c1-21-8-14(23)20-16(24)22(21)10-6-12(18)15(13(19)7-10)25-11-4-2-9(17)3-5-11/h2-7H,8H2,1H3,(H,20,23,24). The average molecular weight is 417 g/mol. The van der Waals surface area contributed by atoms with Crippen molar-refractivity contribution >= 4 is 64.2 Å². The Labute approximate surface area is 163 Å². The van der Waals surface area contributed by atoms with E-state index in [0.29, 0.717) is 25.7 Å². The van der Waals surface area contributed by atoms with E-state index in [9.17, 15) is 9.59 Å². The highest BCUT2D eigenvalue weighted by molar-refractivity contribution is 7.99. The molecule has 1 N–H and O–H groups in total. The normalized spacial score (nSPS) is 15.4. The fourth-order valence-corrected chi connectivity index (χ4v) is 4.00. The van der Waals surface area contributed by atoms with Gasteiger partial charge in [0.2, 0.25) is 5.91 Å². The zero-order valence-corrected chi connectivity index (χ0v) is 16.0. The van der Waals surface area contributed by atoms with Crippen LogP contribution in [0.15, 0.2) is 46.2 Å². The molecule has 0 spiro atoms. The number of nitrogens with one attached hydrogen (secondary N) is 1. The van der Waals surface area contributed by atoms with Gasteiger partial charge < -0.3 is 0 Å². The van der Waals surface area contributed by atoms with Gasteiger partial charge in [-0.2, -0.15) is 0 Å². The van der Waals surface area contributed by atoms with E-state index in [0.717, 1.165) is 4.90 Å². The number of halogens is 3. The van der Waals surface area contributed by atoms with Crippen LogP contribution in [-0.2, 0) is 4.79 Å². The van der Waals surface area contributed by atoms with Gasteiger partial charge in [0, 0.05) is 21.9 Å². The number of benzene rings is 2. The fraction of sp³-hybridized carbons (Fsp3) is 0.125. The summed E-state index contributed by atoms with van der Waals surface area (Å²) < 4.78 is 0. The zero-order valence-electron chi connectivity index (χ0n) is 12.9. The minimum absolute atomic E-state index is 0.0578. The minimum atomic E-state index is -0.552. The first-order valence-corrected chi connectivity index (χ1v) is 9.07.